The average Bonchev–Trinajstić information content (AvgIpc) is 2.55. The van der Waals surface area contributed by atoms with Crippen molar-refractivity contribution in [2.45, 2.75) is 19.3 Å². The van der Waals surface area contributed by atoms with Crippen molar-refractivity contribution in [1.29, 1.82) is 0 Å². The van der Waals surface area contributed by atoms with Gasteiger partial charge in [-0.25, -0.2) is 0 Å². The Bertz CT molecular complexity index is 640. The Morgan fingerprint density at radius 1 is 0.864 bits per heavy atom. The first-order chi connectivity index (χ1) is 10.8. The zero-order valence-corrected chi connectivity index (χ0v) is 13.2. The van der Waals surface area contributed by atoms with Gasteiger partial charge < -0.3 is 0 Å². The monoisotopic (exact) mass is 310 g/mol. The zero-order valence-electron chi connectivity index (χ0n) is 12.5. The number of hydrogen-bond donors (Lipinski definition) is 0. The van der Waals surface area contributed by atoms with Crippen molar-refractivity contribution >= 4 is 24.0 Å². The van der Waals surface area contributed by atoms with E-state index >= 15 is 0 Å². The number of benzene rings is 2. The summed E-state index contributed by atoms with van der Waals surface area (Å²) >= 11 is 5.83. The molecular formula is C19H19ClN2. The van der Waals surface area contributed by atoms with Gasteiger partial charge in [-0.2, -0.15) is 10.2 Å². The smallest absolute Gasteiger partial charge is 0.0568 e. The molecule has 2 aromatic carbocycles. The molecule has 0 atom stereocenters. The molecule has 22 heavy (non-hydrogen) atoms. The number of aryl methyl sites for hydroxylation is 1. The molecule has 0 saturated carbocycles. The second-order valence-electron chi connectivity index (χ2n) is 4.96. The molecule has 112 valence electrons. The van der Waals surface area contributed by atoms with Crippen LogP contribution in [0.1, 0.15) is 29.5 Å². The van der Waals surface area contributed by atoms with E-state index in [1.54, 1.807) is 12.4 Å². The Morgan fingerprint density at radius 3 is 1.95 bits per heavy atom. The second kappa shape index (κ2) is 8.96. The molecule has 0 spiro atoms. The quantitative estimate of drug-likeness (QED) is 0.287. The molecule has 2 aromatic rings. The van der Waals surface area contributed by atoms with Gasteiger partial charge in [0.2, 0.25) is 0 Å². The first-order valence-electron chi connectivity index (χ1n) is 7.30. The van der Waals surface area contributed by atoms with E-state index in [0.717, 1.165) is 30.4 Å². The van der Waals surface area contributed by atoms with Gasteiger partial charge in [-0.3, -0.25) is 0 Å². The molecule has 0 aliphatic rings. The summed E-state index contributed by atoms with van der Waals surface area (Å²) in [5.41, 5.74) is 3.35. The third kappa shape index (κ3) is 5.66. The molecule has 2 nitrogen and oxygen atoms in total. The Kier molecular flexibility index (Phi) is 6.59. The molecule has 0 amide bonds. The van der Waals surface area contributed by atoms with Crippen LogP contribution >= 0.6 is 11.6 Å². The summed E-state index contributed by atoms with van der Waals surface area (Å²) in [4.78, 5) is 0. The second-order valence-corrected chi connectivity index (χ2v) is 5.40. The molecular weight excluding hydrogens is 292 g/mol. The fourth-order valence-electron chi connectivity index (χ4n) is 1.97. The van der Waals surface area contributed by atoms with Crippen LogP contribution in [0.4, 0.5) is 0 Å². The number of allylic oxidation sites excluding steroid dienone is 1. The molecule has 0 bridgehead atoms. The first kappa shape index (κ1) is 16.2. The van der Waals surface area contributed by atoms with Gasteiger partial charge in [0, 0.05) is 5.02 Å². The van der Waals surface area contributed by atoms with E-state index in [1.807, 2.05) is 30.3 Å². The van der Waals surface area contributed by atoms with Crippen molar-refractivity contribution in [2.24, 2.45) is 10.2 Å². The minimum atomic E-state index is 0.717. The lowest BCUT2D eigenvalue weighted by molar-refractivity contribution is 0.844. The van der Waals surface area contributed by atoms with E-state index in [4.69, 9.17) is 11.6 Å². The number of nitrogens with zero attached hydrogens (tertiary/aromatic N) is 2. The Morgan fingerprint density at radius 2 is 1.41 bits per heavy atom. The molecule has 0 unspecified atom stereocenters. The van der Waals surface area contributed by atoms with Gasteiger partial charge >= 0.3 is 0 Å². The third-order valence-electron chi connectivity index (χ3n) is 3.20. The maximum absolute atomic E-state index is 5.83. The highest BCUT2D eigenvalue weighted by molar-refractivity contribution is 6.30. The number of hydrogen-bond acceptors (Lipinski definition) is 2. The van der Waals surface area contributed by atoms with Crippen LogP contribution in [-0.4, -0.2) is 12.4 Å². The van der Waals surface area contributed by atoms with E-state index in [2.05, 4.69) is 41.0 Å². The molecule has 3 heteroatoms. The van der Waals surface area contributed by atoms with Crippen LogP contribution < -0.4 is 0 Å². The summed E-state index contributed by atoms with van der Waals surface area (Å²) in [6.45, 7) is 3.74. The highest BCUT2D eigenvalue weighted by atomic mass is 35.5. The van der Waals surface area contributed by atoms with Crippen molar-refractivity contribution in [1.82, 2.24) is 0 Å². The van der Waals surface area contributed by atoms with Crippen LogP contribution in [0.2, 0.25) is 5.02 Å². The van der Waals surface area contributed by atoms with Crippen LogP contribution in [0, 0.1) is 0 Å². The van der Waals surface area contributed by atoms with Gasteiger partial charge in [0.15, 0.2) is 0 Å². The molecule has 0 N–H and O–H groups in total. The lowest BCUT2D eigenvalue weighted by Gasteiger charge is -1.99. The van der Waals surface area contributed by atoms with Crippen molar-refractivity contribution < 1.29 is 0 Å². The summed E-state index contributed by atoms with van der Waals surface area (Å²) in [6.07, 6.45) is 8.69. The summed E-state index contributed by atoms with van der Waals surface area (Å²) in [5, 5.41) is 8.82. The van der Waals surface area contributed by atoms with Crippen molar-refractivity contribution in [3.63, 3.8) is 0 Å². The fourth-order valence-corrected chi connectivity index (χ4v) is 2.10. The third-order valence-corrected chi connectivity index (χ3v) is 3.46. The maximum atomic E-state index is 5.83. The summed E-state index contributed by atoms with van der Waals surface area (Å²) in [5.74, 6) is 0. The van der Waals surface area contributed by atoms with Gasteiger partial charge in [-0.1, -0.05) is 54.1 Å². The van der Waals surface area contributed by atoms with E-state index in [0.29, 0.717) is 5.02 Å². The normalized spacial score (nSPS) is 11.3. The molecule has 0 aliphatic carbocycles. The molecule has 0 radical (unpaired) electrons. The minimum Gasteiger partial charge on any atom is -0.159 e. The largest absolute Gasteiger partial charge is 0.159 e. The lowest BCUT2D eigenvalue weighted by atomic mass is 10.1. The number of unbranched alkanes of at least 4 members (excludes halogenated alkanes) is 1. The van der Waals surface area contributed by atoms with Gasteiger partial charge in [0.1, 0.15) is 0 Å². The van der Waals surface area contributed by atoms with Gasteiger partial charge in [0.25, 0.3) is 0 Å². The fraction of sp³-hybridized carbons (Fsp3) is 0.158. The van der Waals surface area contributed by atoms with E-state index in [9.17, 15) is 0 Å². The predicted octanol–water partition coefficient (Wildman–Crippen LogP) is 5.30. The molecule has 0 saturated heterocycles. The van der Waals surface area contributed by atoms with Gasteiger partial charge in [0.05, 0.1) is 12.4 Å². The van der Waals surface area contributed by atoms with Crippen molar-refractivity contribution in [3.8, 4) is 0 Å². The van der Waals surface area contributed by atoms with Crippen LogP contribution in [0.5, 0.6) is 0 Å². The van der Waals surface area contributed by atoms with Gasteiger partial charge in [-0.15, -0.1) is 6.58 Å². The number of halogens is 1. The van der Waals surface area contributed by atoms with E-state index in [-0.39, 0.29) is 0 Å². The molecule has 0 aliphatic heterocycles. The predicted molar refractivity (Wildman–Crippen MR) is 96.2 cm³/mol. The van der Waals surface area contributed by atoms with E-state index < -0.39 is 0 Å². The maximum Gasteiger partial charge on any atom is 0.0568 e. The molecule has 0 aromatic heterocycles. The SMILES string of the molecule is C=CCCCc1ccc(/C=N/N=C/c2ccc(Cl)cc2)cc1. The lowest BCUT2D eigenvalue weighted by Crippen LogP contribution is -1.86. The highest BCUT2D eigenvalue weighted by Crippen LogP contribution is 2.08. The molecule has 0 fully saturated rings. The Hall–Kier alpha value is -2.19. The first-order valence-corrected chi connectivity index (χ1v) is 7.67. The van der Waals surface area contributed by atoms with E-state index in [1.165, 1.54) is 5.56 Å². The summed E-state index contributed by atoms with van der Waals surface area (Å²) in [7, 11) is 0. The Labute approximate surface area is 136 Å². The van der Waals surface area contributed by atoms with Crippen molar-refractivity contribution in [3.05, 3.63) is 82.9 Å². The summed E-state index contributed by atoms with van der Waals surface area (Å²) < 4.78 is 0. The van der Waals surface area contributed by atoms with Crippen LogP contribution in [0.15, 0.2) is 71.4 Å². The number of rotatable bonds is 7. The van der Waals surface area contributed by atoms with Crippen LogP contribution in [-0.2, 0) is 6.42 Å². The van der Waals surface area contributed by atoms with Gasteiger partial charge in [-0.05, 0) is 48.1 Å². The zero-order chi connectivity index (χ0) is 15.6. The minimum absolute atomic E-state index is 0.717. The summed E-state index contributed by atoms with van der Waals surface area (Å²) in [6, 6.07) is 15.9. The van der Waals surface area contributed by atoms with Crippen LogP contribution in [0.25, 0.3) is 0 Å². The van der Waals surface area contributed by atoms with Crippen molar-refractivity contribution in [2.75, 3.05) is 0 Å². The topological polar surface area (TPSA) is 24.7 Å². The average molecular weight is 311 g/mol. The standard InChI is InChI=1S/C19H19ClN2/c1-2-3-4-5-16-6-8-17(9-7-16)14-21-22-15-18-10-12-19(20)13-11-18/h2,6-15H,1,3-5H2/b21-14+,22-15+. The van der Waals surface area contributed by atoms with Crippen LogP contribution in [0.3, 0.4) is 0 Å². The molecule has 0 heterocycles. The molecule has 2 rings (SSSR count). The highest BCUT2D eigenvalue weighted by Gasteiger charge is 1.93. The Balaban J connectivity index is 1.87.